The summed E-state index contributed by atoms with van der Waals surface area (Å²) < 4.78 is 11.2. The zero-order chi connectivity index (χ0) is 18.5. The van der Waals surface area contributed by atoms with Crippen LogP contribution >= 0.6 is 0 Å². The molecule has 0 amide bonds. The minimum Gasteiger partial charge on any atom is -0.448 e. The Hall–Kier alpha value is -2.55. The number of rotatable bonds is 0. The van der Waals surface area contributed by atoms with Gasteiger partial charge in [0.1, 0.15) is 11.1 Å². The Morgan fingerprint density at radius 2 is 1.58 bits per heavy atom. The Kier molecular flexibility index (Phi) is 2.77. The predicted octanol–water partition coefficient (Wildman–Crippen LogP) is 5.21. The molecule has 3 heterocycles. The van der Waals surface area contributed by atoms with Crippen LogP contribution in [0.2, 0.25) is 0 Å². The predicted molar refractivity (Wildman–Crippen MR) is 106 cm³/mol. The summed E-state index contributed by atoms with van der Waals surface area (Å²) in [5.41, 5.74) is 10.3. The molecule has 3 nitrogen and oxygen atoms in total. The van der Waals surface area contributed by atoms with E-state index >= 15 is 0 Å². The number of hydrogen-bond acceptors (Lipinski definition) is 1. The van der Waals surface area contributed by atoms with Crippen molar-refractivity contribution in [3.8, 4) is 11.6 Å². The fraction of sp³-hybridized carbons (Fsp3) is 0.348. The standard InChI is InChI=1S/C23H25N2O/c1-12-13(2)15(4)20-19(14(12)3)24(7)22-21-18(23(5,6)25(20)22)16-10-8-9-11-17(16)26-21/h8-11H,1-7H3/q+1. The maximum atomic E-state index is 6.38. The lowest BCUT2D eigenvalue weighted by atomic mass is 9.92. The van der Waals surface area contributed by atoms with Gasteiger partial charge in [-0.05, 0) is 58.7 Å². The number of aromatic nitrogens is 2. The van der Waals surface area contributed by atoms with E-state index in [-0.39, 0.29) is 5.54 Å². The van der Waals surface area contributed by atoms with E-state index in [0.29, 0.717) is 0 Å². The first kappa shape index (κ1) is 15.7. The lowest BCUT2D eigenvalue weighted by Crippen LogP contribution is -2.31. The molecule has 0 aliphatic carbocycles. The number of benzene rings is 2. The third kappa shape index (κ3) is 1.53. The minimum absolute atomic E-state index is 0.157. The van der Waals surface area contributed by atoms with Crippen molar-refractivity contribution in [2.75, 3.05) is 0 Å². The first-order chi connectivity index (χ1) is 12.3. The zero-order valence-electron chi connectivity index (χ0n) is 16.6. The van der Waals surface area contributed by atoms with Crippen LogP contribution in [0.25, 0.3) is 33.6 Å². The molecule has 0 saturated carbocycles. The van der Waals surface area contributed by atoms with E-state index in [0.717, 1.165) is 11.3 Å². The van der Waals surface area contributed by atoms with Gasteiger partial charge in [0.2, 0.25) is 5.76 Å². The molecule has 5 rings (SSSR count). The molecule has 0 radical (unpaired) electrons. The van der Waals surface area contributed by atoms with E-state index in [9.17, 15) is 0 Å². The van der Waals surface area contributed by atoms with Crippen molar-refractivity contribution in [1.29, 1.82) is 0 Å². The monoisotopic (exact) mass is 345 g/mol. The molecule has 0 spiro atoms. The van der Waals surface area contributed by atoms with Gasteiger partial charge in [0, 0.05) is 16.5 Å². The maximum Gasteiger partial charge on any atom is 0.327 e. The quantitative estimate of drug-likeness (QED) is 0.401. The summed E-state index contributed by atoms with van der Waals surface area (Å²) in [7, 11) is 2.17. The summed E-state index contributed by atoms with van der Waals surface area (Å²) in [4.78, 5) is 0. The minimum atomic E-state index is -0.157. The van der Waals surface area contributed by atoms with Crippen molar-refractivity contribution < 1.29 is 8.98 Å². The highest BCUT2D eigenvalue weighted by Gasteiger charge is 2.50. The van der Waals surface area contributed by atoms with Gasteiger partial charge >= 0.3 is 5.82 Å². The fourth-order valence-electron chi connectivity index (χ4n) is 5.04. The number of furan rings is 1. The van der Waals surface area contributed by atoms with Gasteiger partial charge in [0.15, 0.2) is 11.0 Å². The molecule has 0 atom stereocenters. The van der Waals surface area contributed by atoms with Gasteiger partial charge in [-0.1, -0.05) is 18.2 Å². The van der Waals surface area contributed by atoms with Crippen LogP contribution in [-0.2, 0) is 12.6 Å². The van der Waals surface area contributed by atoms with E-state index < -0.39 is 0 Å². The van der Waals surface area contributed by atoms with Crippen molar-refractivity contribution in [3.63, 3.8) is 0 Å². The molecule has 132 valence electrons. The lowest BCUT2D eigenvalue weighted by Gasteiger charge is -2.19. The molecule has 0 saturated heterocycles. The van der Waals surface area contributed by atoms with Crippen LogP contribution in [0.3, 0.4) is 0 Å². The second-order valence-corrected chi connectivity index (χ2v) is 8.28. The lowest BCUT2D eigenvalue weighted by molar-refractivity contribution is -0.634. The summed E-state index contributed by atoms with van der Waals surface area (Å²) in [6, 6.07) is 8.40. The first-order valence-electron chi connectivity index (χ1n) is 9.30. The average Bonchev–Trinajstić information content (AvgIpc) is 3.20. The molecule has 26 heavy (non-hydrogen) atoms. The van der Waals surface area contributed by atoms with Crippen molar-refractivity contribution in [2.45, 2.75) is 47.1 Å². The van der Waals surface area contributed by atoms with Gasteiger partial charge in [-0.2, -0.15) is 0 Å². The number of fused-ring (bicyclic) bond motifs is 7. The second-order valence-electron chi connectivity index (χ2n) is 8.28. The molecular weight excluding hydrogens is 320 g/mol. The summed E-state index contributed by atoms with van der Waals surface area (Å²) in [5.74, 6) is 2.19. The number of hydrogen-bond donors (Lipinski definition) is 0. The Morgan fingerprint density at radius 1 is 0.923 bits per heavy atom. The Balaban J connectivity index is 2.05. The SMILES string of the molecule is Cc1c(C)c(C)c2c(c1C)n1c([n+]2C)-c2oc3ccccc3c2C1(C)C. The van der Waals surface area contributed by atoms with Gasteiger partial charge in [-0.3, -0.25) is 0 Å². The molecule has 1 aliphatic rings. The van der Waals surface area contributed by atoms with Crippen LogP contribution in [0.1, 0.15) is 41.7 Å². The molecule has 0 N–H and O–H groups in total. The van der Waals surface area contributed by atoms with Crippen LogP contribution in [0.5, 0.6) is 0 Å². The zero-order valence-corrected chi connectivity index (χ0v) is 16.6. The summed E-state index contributed by atoms with van der Waals surface area (Å²) in [6.07, 6.45) is 0. The summed E-state index contributed by atoms with van der Waals surface area (Å²) in [6.45, 7) is 13.6. The molecule has 2 aromatic heterocycles. The van der Waals surface area contributed by atoms with Crippen LogP contribution in [0, 0.1) is 27.7 Å². The molecular formula is C23H25N2O+. The smallest absolute Gasteiger partial charge is 0.327 e. The molecule has 0 fully saturated rings. The van der Waals surface area contributed by atoms with Crippen LogP contribution in [0.15, 0.2) is 28.7 Å². The highest BCUT2D eigenvalue weighted by molar-refractivity contribution is 5.93. The van der Waals surface area contributed by atoms with Crippen LogP contribution in [-0.4, -0.2) is 4.57 Å². The summed E-state index contributed by atoms with van der Waals surface area (Å²) >= 11 is 0. The molecule has 1 aliphatic heterocycles. The van der Waals surface area contributed by atoms with Crippen LogP contribution in [0.4, 0.5) is 0 Å². The third-order valence-corrected chi connectivity index (χ3v) is 6.68. The highest BCUT2D eigenvalue weighted by atomic mass is 16.3. The topological polar surface area (TPSA) is 21.9 Å². The third-order valence-electron chi connectivity index (χ3n) is 6.68. The van der Waals surface area contributed by atoms with E-state index in [4.69, 9.17) is 4.42 Å². The van der Waals surface area contributed by atoms with Gasteiger partial charge in [0.25, 0.3) is 0 Å². The van der Waals surface area contributed by atoms with Crippen molar-refractivity contribution in [1.82, 2.24) is 4.57 Å². The van der Waals surface area contributed by atoms with Crippen LogP contribution < -0.4 is 4.57 Å². The van der Waals surface area contributed by atoms with Gasteiger partial charge in [0.05, 0.1) is 12.6 Å². The largest absolute Gasteiger partial charge is 0.448 e. The molecule has 0 unspecified atom stereocenters. The van der Waals surface area contributed by atoms with E-state index in [2.05, 4.69) is 75.9 Å². The average molecular weight is 345 g/mol. The normalized spacial score (nSPS) is 15.0. The van der Waals surface area contributed by atoms with E-state index in [1.807, 2.05) is 6.07 Å². The van der Waals surface area contributed by atoms with Crippen molar-refractivity contribution in [2.24, 2.45) is 7.05 Å². The van der Waals surface area contributed by atoms with E-state index in [1.54, 1.807) is 0 Å². The van der Waals surface area contributed by atoms with Gasteiger partial charge in [-0.25, -0.2) is 9.13 Å². The van der Waals surface area contributed by atoms with Crippen molar-refractivity contribution in [3.05, 3.63) is 52.1 Å². The molecule has 3 heteroatoms. The van der Waals surface area contributed by atoms with E-state index in [1.165, 1.54) is 50.1 Å². The highest BCUT2D eigenvalue weighted by Crippen LogP contribution is 2.50. The Labute approximate surface area is 153 Å². The Bertz CT molecular complexity index is 1250. The molecule has 4 aromatic rings. The molecule has 2 aromatic carbocycles. The second kappa shape index (κ2) is 4.59. The van der Waals surface area contributed by atoms with Gasteiger partial charge in [-0.15, -0.1) is 0 Å². The number of para-hydroxylation sites is 1. The number of aryl methyl sites for hydroxylation is 3. The first-order valence-corrected chi connectivity index (χ1v) is 9.30. The number of imidazole rings is 1. The Morgan fingerprint density at radius 3 is 2.31 bits per heavy atom. The molecule has 0 bridgehead atoms. The number of nitrogens with zero attached hydrogens (tertiary/aromatic N) is 2. The summed E-state index contributed by atoms with van der Waals surface area (Å²) in [5, 5.41) is 1.22. The maximum absolute atomic E-state index is 6.38. The van der Waals surface area contributed by atoms with Crippen molar-refractivity contribution >= 4 is 22.0 Å². The fourth-order valence-corrected chi connectivity index (χ4v) is 5.04. The van der Waals surface area contributed by atoms with Gasteiger partial charge < -0.3 is 4.42 Å².